The molecule has 1 saturated heterocycles. The summed E-state index contributed by atoms with van der Waals surface area (Å²) < 4.78 is 5.74. The fraction of sp³-hybridized carbons (Fsp3) is 0.909. The molecule has 5 nitrogen and oxygen atoms in total. The number of nitrogens with one attached hydrogen (secondary N) is 1. The second-order valence-electron chi connectivity index (χ2n) is 4.72. The summed E-state index contributed by atoms with van der Waals surface area (Å²) in [5.41, 5.74) is 5.64. The molecule has 16 heavy (non-hydrogen) atoms. The Bertz CT molecular complexity index is 266. The normalized spacial score (nSPS) is 32.9. The van der Waals surface area contributed by atoms with E-state index in [-0.39, 0.29) is 11.9 Å². The lowest BCUT2D eigenvalue weighted by atomic mass is 10.0. The topological polar surface area (TPSA) is 79.9 Å². The third-order valence-electron chi connectivity index (χ3n) is 3.52. The minimum atomic E-state index is -0.0436. The molecule has 3 unspecified atom stereocenters. The van der Waals surface area contributed by atoms with Crippen molar-refractivity contribution in [2.45, 2.75) is 50.8 Å². The number of oxime groups is 1. The zero-order chi connectivity index (χ0) is 11.5. The summed E-state index contributed by atoms with van der Waals surface area (Å²) in [6, 6.07) is 0.315. The summed E-state index contributed by atoms with van der Waals surface area (Å²) in [5, 5.41) is 15.2. The van der Waals surface area contributed by atoms with Crippen LogP contribution in [0.15, 0.2) is 5.16 Å². The second-order valence-corrected chi connectivity index (χ2v) is 4.72. The number of hydrogen-bond acceptors (Lipinski definition) is 4. The van der Waals surface area contributed by atoms with Crippen LogP contribution in [0.1, 0.15) is 32.6 Å². The van der Waals surface area contributed by atoms with Crippen LogP contribution in [0.25, 0.3) is 0 Å². The second kappa shape index (κ2) is 5.01. The summed E-state index contributed by atoms with van der Waals surface area (Å²) >= 11 is 0. The van der Waals surface area contributed by atoms with E-state index in [4.69, 9.17) is 15.7 Å². The van der Waals surface area contributed by atoms with E-state index in [0.29, 0.717) is 12.1 Å². The van der Waals surface area contributed by atoms with Gasteiger partial charge in [0.05, 0.1) is 12.1 Å². The molecule has 1 aliphatic carbocycles. The maximum Gasteiger partial charge on any atom is 0.156 e. The molecule has 3 atom stereocenters. The van der Waals surface area contributed by atoms with E-state index >= 15 is 0 Å². The molecule has 0 aromatic rings. The minimum absolute atomic E-state index is 0.0436. The minimum Gasteiger partial charge on any atom is -0.409 e. The Hall–Kier alpha value is -0.810. The molecular weight excluding hydrogens is 206 g/mol. The van der Waals surface area contributed by atoms with Gasteiger partial charge in [0, 0.05) is 12.6 Å². The van der Waals surface area contributed by atoms with Crippen LogP contribution in [0, 0.1) is 5.92 Å². The predicted molar refractivity (Wildman–Crippen MR) is 61.5 cm³/mol. The van der Waals surface area contributed by atoms with E-state index in [9.17, 15) is 0 Å². The first-order chi connectivity index (χ1) is 7.76. The van der Waals surface area contributed by atoms with Gasteiger partial charge in [0.2, 0.25) is 0 Å². The van der Waals surface area contributed by atoms with Gasteiger partial charge in [-0.2, -0.15) is 0 Å². The van der Waals surface area contributed by atoms with Gasteiger partial charge in [0.25, 0.3) is 0 Å². The van der Waals surface area contributed by atoms with Crippen LogP contribution < -0.4 is 11.1 Å². The number of nitrogens with zero attached hydrogens (tertiary/aromatic N) is 1. The summed E-state index contributed by atoms with van der Waals surface area (Å²) in [6.45, 7) is 2.85. The van der Waals surface area contributed by atoms with E-state index in [1.807, 2.05) is 6.92 Å². The third-order valence-corrected chi connectivity index (χ3v) is 3.52. The van der Waals surface area contributed by atoms with Crippen LogP contribution in [-0.2, 0) is 4.74 Å². The van der Waals surface area contributed by atoms with Crippen molar-refractivity contribution in [2.75, 3.05) is 6.61 Å². The van der Waals surface area contributed by atoms with Crippen molar-refractivity contribution in [1.82, 2.24) is 5.32 Å². The maximum atomic E-state index is 8.69. The van der Waals surface area contributed by atoms with Crippen LogP contribution in [0.2, 0.25) is 0 Å². The number of amidine groups is 1. The van der Waals surface area contributed by atoms with E-state index in [1.54, 1.807) is 0 Å². The monoisotopic (exact) mass is 227 g/mol. The van der Waals surface area contributed by atoms with E-state index < -0.39 is 0 Å². The zero-order valence-electron chi connectivity index (χ0n) is 9.72. The van der Waals surface area contributed by atoms with Gasteiger partial charge in [-0.3, -0.25) is 0 Å². The summed E-state index contributed by atoms with van der Waals surface area (Å²) in [7, 11) is 0. The molecule has 0 amide bonds. The first-order valence-corrected chi connectivity index (χ1v) is 6.11. The van der Waals surface area contributed by atoms with Gasteiger partial charge in [-0.25, -0.2) is 0 Å². The van der Waals surface area contributed by atoms with Gasteiger partial charge >= 0.3 is 0 Å². The molecular formula is C11H21N3O2. The first kappa shape index (κ1) is 11.7. The molecule has 0 aromatic carbocycles. The summed E-state index contributed by atoms with van der Waals surface area (Å²) in [6.07, 6.45) is 4.74. The SMILES string of the molecule is CCC(NC1CCOC1C1CC1)C(N)=NO. The molecule has 2 aliphatic rings. The Balaban J connectivity index is 1.91. The van der Waals surface area contributed by atoms with Crippen molar-refractivity contribution >= 4 is 5.84 Å². The van der Waals surface area contributed by atoms with Gasteiger partial charge in [-0.1, -0.05) is 12.1 Å². The van der Waals surface area contributed by atoms with Crippen molar-refractivity contribution in [3.63, 3.8) is 0 Å². The van der Waals surface area contributed by atoms with Crippen molar-refractivity contribution in [3.05, 3.63) is 0 Å². The average molecular weight is 227 g/mol. The van der Waals surface area contributed by atoms with Crippen LogP contribution in [0.3, 0.4) is 0 Å². The molecule has 0 radical (unpaired) electrons. The molecule has 1 heterocycles. The van der Waals surface area contributed by atoms with Crippen molar-refractivity contribution < 1.29 is 9.94 Å². The van der Waals surface area contributed by atoms with E-state index in [1.165, 1.54) is 12.8 Å². The lowest BCUT2D eigenvalue weighted by Crippen LogP contribution is -2.49. The number of rotatable bonds is 5. The molecule has 0 aromatic heterocycles. The van der Waals surface area contributed by atoms with Gasteiger partial charge in [0.1, 0.15) is 0 Å². The Kier molecular flexibility index (Phi) is 3.66. The molecule has 4 N–H and O–H groups in total. The highest BCUT2D eigenvalue weighted by atomic mass is 16.5. The highest BCUT2D eigenvalue weighted by Gasteiger charge is 2.41. The Morgan fingerprint density at radius 1 is 1.56 bits per heavy atom. The molecule has 1 saturated carbocycles. The smallest absolute Gasteiger partial charge is 0.156 e. The molecule has 5 heteroatoms. The highest BCUT2D eigenvalue weighted by Crippen LogP contribution is 2.38. The molecule has 2 fully saturated rings. The Morgan fingerprint density at radius 2 is 2.31 bits per heavy atom. The van der Waals surface area contributed by atoms with Crippen molar-refractivity contribution in [1.29, 1.82) is 0 Å². The molecule has 92 valence electrons. The van der Waals surface area contributed by atoms with Crippen LogP contribution >= 0.6 is 0 Å². The van der Waals surface area contributed by atoms with E-state index in [0.717, 1.165) is 25.4 Å². The largest absolute Gasteiger partial charge is 0.409 e. The van der Waals surface area contributed by atoms with E-state index in [2.05, 4.69) is 10.5 Å². The average Bonchev–Trinajstić information content (AvgIpc) is 3.05. The fourth-order valence-corrected chi connectivity index (χ4v) is 2.42. The van der Waals surface area contributed by atoms with Crippen molar-refractivity contribution in [3.8, 4) is 0 Å². The van der Waals surface area contributed by atoms with Gasteiger partial charge in [0.15, 0.2) is 5.84 Å². The molecule has 2 rings (SSSR count). The van der Waals surface area contributed by atoms with Gasteiger partial charge < -0.3 is 21.0 Å². The first-order valence-electron chi connectivity index (χ1n) is 6.11. The summed E-state index contributed by atoms with van der Waals surface area (Å²) in [4.78, 5) is 0. The van der Waals surface area contributed by atoms with Crippen molar-refractivity contribution in [2.24, 2.45) is 16.8 Å². The number of hydrogen-bond donors (Lipinski definition) is 3. The lowest BCUT2D eigenvalue weighted by molar-refractivity contribution is 0.0801. The predicted octanol–water partition coefficient (Wildman–Crippen LogP) is 0.669. The number of ether oxygens (including phenoxy) is 1. The quantitative estimate of drug-likeness (QED) is 0.279. The summed E-state index contributed by atoms with van der Waals surface area (Å²) in [5.74, 6) is 0.994. The number of nitrogens with two attached hydrogens (primary N) is 1. The van der Waals surface area contributed by atoms with Crippen LogP contribution in [-0.4, -0.2) is 35.8 Å². The fourth-order valence-electron chi connectivity index (χ4n) is 2.42. The zero-order valence-corrected chi connectivity index (χ0v) is 9.72. The Labute approximate surface area is 96.0 Å². The molecule has 1 aliphatic heterocycles. The Morgan fingerprint density at radius 3 is 2.88 bits per heavy atom. The van der Waals surface area contributed by atoms with Gasteiger partial charge in [-0.15, -0.1) is 0 Å². The van der Waals surface area contributed by atoms with Crippen LogP contribution in [0.4, 0.5) is 0 Å². The van der Waals surface area contributed by atoms with Gasteiger partial charge in [-0.05, 0) is 31.6 Å². The highest BCUT2D eigenvalue weighted by molar-refractivity contribution is 5.85. The third kappa shape index (κ3) is 2.47. The molecule has 0 bridgehead atoms. The molecule has 0 spiro atoms. The van der Waals surface area contributed by atoms with Crippen LogP contribution in [0.5, 0.6) is 0 Å². The maximum absolute atomic E-state index is 8.69. The lowest BCUT2D eigenvalue weighted by Gasteiger charge is -2.24. The standard InChI is InChI=1S/C11H21N3O2/c1-2-8(11(12)14-15)13-9-5-6-16-10(9)7-3-4-7/h7-10,13,15H,2-6H2,1H3,(H2,12,14).